The van der Waals surface area contributed by atoms with Crippen LogP contribution in [0.25, 0.3) is 0 Å². The smallest absolute Gasteiger partial charge is 0.268 e. The van der Waals surface area contributed by atoms with Crippen molar-refractivity contribution in [3.05, 3.63) is 60.8 Å². The summed E-state index contributed by atoms with van der Waals surface area (Å²) >= 11 is 0. The van der Waals surface area contributed by atoms with Gasteiger partial charge in [0.25, 0.3) is 7.82 Å². The Morgan fingerprint density at radius 2 is 0.685 bits per heavy atom. The zero-order valence-corrected chi connectivity index (χ0v) is 61.0. The molecule has 0 aromatic rings. The summed E-state index contributed by atoms with van der Waals surface area (Å²) in [4.78, 5) is 25.7. The number of phosphoric acid groups is 1. The maximum absolute atomic E-state index is 13.1. The molecule has 0 fully saturated rings. The lowest BCUT2D eigenvalue weighted by molar-refractivity contribution is -0.870. The Balaban J connectivity index is 3.94. The Morgan fingerprint density at radius 3 is 1.00 bits per heavy atom. The zero-order valence-electron chi connectivity index (χ0n) is 60.2. The van der Waals surface area contributed by atoms with Gasteiger partial charge in [0, 0.05) is 6.42 Å². The molecule has 0 spiro atoms. The first-order chi connectivity index (χ1) is 43.5. The Hall–Kier alpha value is -1.80. The lowest BCUT2D eigenvalue weighted by Gasteiger charge is -2.30. The summed E-state index contributed by atoms with van der Waals surface area (Å²) in [6.45, 7) is 4.67. The van der Waals surface area contributed by atoms with Gasteiger partial charge in [0.05, 0.1) is 39.9 Å². The molecular weight excluding hydrogens is 1120 g/mol. The molecule has 9 heteroatoms. The zero-order chi connectivity index (χ0) is 64.8. The third-order valence-electron chi connectivity index (χ3n) is 18.0. The van der Waals surface area contributed by atoms with E-state index in [1.165, 1.54) is 295 Å². The van der Waals surface area contributed by atoms with Crippen molar-refractivity contribution in [1.29, 1.82) is 0 Å². The van der Waals surface area contributed by atoms with Crippen LogP contribution in [0.3, 0.4) is 0 Å². The molecule has 0 saturated heterocycles. The highest BCUT2D eigenvalue weighted by atomic mass is 31.2. The molecule has 0 rings (SSSR count). The van der Waals surface area contributed by atoms with Crippen molar-refractivity contribution in [3.63, 3.8) is 0 Å². The van der Waals surface area contributed by atoms with Crippen molar-refractivity contribution in [2.75, 3.05) is 40.9 Å². The summed E-state index contributed by atoms with van der Waals surface area (Å²) in [5.41, 5.74) is 0. The minimum Gasteiger partial charge on any atom is -0.756 e. The van der Waals surface area contributed by atoms with E-state index in [0.29, 0.717) is 23.9 Å². The maximum Gasteiger partial charge on any atom is 0.268 e. The molecule has 0 aliphatic rings. The quantitative estimate of drug-likeness (QED) is 0.0272. The van der Waals surface area contributed by atoms with E-state index in [0.717, 1.165) is 70.6 Å². The number of aliphatic hydroxyl groups is 1. The van der Waals surface area contributed by atoms with Gasteiger partial charge in [-0.3, -0.25) is 9.36 Å². The van der Waals surface area contributed by atoms with Gasteiger partial charge in [-0.2, -0.15) is 0 Å². The van der Waals surface area contributed by atoms with Gasteiger partial charge in [0.2, 0.25) is 5.91 Å². The second-order valence-electron chi connectivity index (χ2n) is 28.0. The first kappa shape index (κ1) is 87.2. The Labute approximate surface area is 555 Å². The molecule has 3 atom stereocenters. The van der Waals surface area contributed by atoms with E-state index < -0.39 is 20.0 Å². The lowest BCUT2D eigenvalue weighted by Crippen LogP contribution is -2.46. The number of aliphatic hydroxyl groups excluding tert-OH is 1. The molecule has 89 heavy (non-hydrogen) atoms. The first-order valence-electron chi connectivity index (χ1n) is 39.1. The molecule has 0 radical (unpaired) electrons. The van der Waals surface area contributed by atoms with E-state index in [-0.39, 0.29) is 19.1 Å². The molecule has 2 N–H and O–H groups in total. The Kier molecular flexibility index (Phi) is 69.1. The third kappa shape index (κ3) is 73.5. The summed E-state index contributed by atoms with van der Waals surface area (Å²) in [5, 5.41) is 14.1. The second kappa shape index (κ2) is 70.5. The molecule has 0 aliphatic carbocycles. The topological polar surface area (TPSA) is 108 Å². The van der Waals surface area contributed by atoms with Crippen LogP contribution in [0.4, 0.5) is 0 Å². The highest BCUT2D eigenvalue weighted by molar-refractivity contribution is 7.45. The summed E-state index contributed by atoms with van der Waals surface area (Å²) in [5.74, 6) is -0.158. The van der Waals surface area contributed by atoms with Crippen molar-refractivity contribution < 1.29 is 32.9 Å². The van der Waals surface area contributed by atoms with Crippen LogP contribution in [-0.4, -0.2) is 68.5 Å². The number of allylic oxidation sites excluding steroid dienone is 10. The SMILES string of the molecule is CC/C=C\C/C=C\C/C=C\C/C=C\C/C=C\CCCCCCCCCCCCCCCCCCCCCC(=O)NC(COP(=O)([O-])OCC[N+](C)(C)C)C(O)CCCCCCCCCCCCCCCCCCCCCCCCCCCCCCCCCC. The van der Waals surface area contributed by atoms with Crippen LogP contribution < -0.4 is 10.2 Å². The predicted octanol–water partition coefficient (Wildman–Crippen LogP) is 24.9. The van der Waals surface area contributed by atoms with Gasteiger partial charge < -0.3 is 28.8 Å². The predicted molar refractivity (Wildman–Crippen MR) is 390 cm³/mol. The number of quaternary nitrogens is 1. The number of likely N-dealkylation sites (N-methyl/N-ethyl adjacent to an activating group) is 1. The minimum atomic E-state index is -4.58. The molecule has 3 unspecified atom stereocenters. The van der Waals surface area contributed by atoms with Gasteiger partial charge in [0.15, 0.2) is 0 Å². The molecule has 8 nitrogen and oxygen atoms in total. The number of nitrogens with one attached hydrogen (secondary N) is 1. The molecule has 0 aromatic heterocycles. The number of hydrogen-bond acceptors (Lipinski definition) is 6. The van der Waals surface area contributed by atoms with Gasteiger partial charge in [-0.25, -0.2) is 0 Å². The van der Waals surface area contributed by atoms with Crippen molar-refractivity contribution in [3.8, 4) is 0 Å². The molecule has 0 bridgehead atoms. The first-order valence-corrected chi connectivity index (χ1v) is 40.6. The average molecular weight is 1270 g/mol. The number of hydrogen-bond donors (Lipinski definition) is 2. The highest BCUT2D eigenvalue weighted by Gasteiger charge is 2.24. The number of unbranched alkanes of at least 4 members (excludes halogenated alkanes) is 50. The monoisotopic (exact) mass is 1270 g/mol. The van der Waals surface area contributed by atoms with Gasteiger partial charge in [0.1, 0.15) is 13.2 Å². The number of phosphoric ester groups is 1. The highest BCUT2D eigenvalue weighted by Crippen LogP contribution is 2.38. The van der Waals surface area contributed by atoms with Gasteiger partial charge in [-0.05, 0) is 57.8 Å². The molecule has 524 valence electrons. The van der Waals surface area contributed by atoms with Crippen LogP contribution in [0, 0.1) is 0 Å². The number of carbonyl (C=O) groups is 1. The van der Waals surface area contributed by atoms with Crippen LogP contribution in [-0.2, 0) is 18.4 Å². The summed E-state index contributed by atoms with van der Waals surface area (Å²) in [6, 6.07) is -0.803. The van der Waals surface area contributed by atoms with Crippen LogP contribution in [0.15, 0.2) is 60.8 Å². The number of amides is 1. The summed E-state index contributed by atoms with van der Waals surface area (Å²) < 4.78 is 23.6. The summed E-state index contributed by atoms with van der Waals surface area (Å²) in [6.07, 6.45) is 97.6. The fourth-order valence-electron chi connectivity index (χ4n) is 12.0. The van der Waals surface area contributed by atoms with Gasteiger partial charge in [-0.1, -0.05) is 389 Å². The normalized spacial score (nSPS) is 13.8. The van der Waals surface area contributed by atoms with Crippen molar-refractivity contribution in [1.82, 2.24) is 5.32 Å². The standard InChI is InChI=1S/C80H153N2O6P/c1-6-8-10-12-14-16-18-20-22-24-26-28-30-32-34-36-38-40-41-42-44-46-48-50-52-54-56-58-60-62-64-66-68-70-72-74-80(84)81-78(77-88-89(85,86)87-76-75-82(3,4)5)79(83)73-71-69-67-65-63-61-59-57-55-53-51-49-47-45-43-39-37-35-33-31-29-27-25-23-21-19-17-15-13-11-9-7-2/h8,10,14,16,20,22,26,28,32,34,78-79,83H,6-7,9,11-13,15,17-19,21,23-25,27,29-31,33,35-77H2,1-5H3,(H-,81,84,85,86)/b10-8-,16-14-,22-20-,28-26-,34-32-. The number of nitrogens with zero attached hydrogens (tertiary/aromatic N) is 1. The van der Waals surface area contributed by atoms with Crippen LogP contribution >= 0.6 is 7.82 Å². The van der Waals surface area contributed by atoms with Crippen molar-refractivity contribution in [2.24, 2.45) is 0 Å². The summed E-state index contributed by atoms with van der Waals surface area (Å²) in [7, 11) is 1.32. The van der Waals surface area contributed by atoms with E-state index in [4.69, 9.17) is 9.05 Å². The molecule has 0 heterocycles. The molecular formula is C80H153N2O6P. The van der Waals surface area contributed by atoms with Gasteiger partial charge >= 0.3 is 0 Å². The fourth-order valence-corrected chi connectivity index (χ4v) is 12.7. The van der Waals surface area contributed by atoms with E-state index in [9.17, 15) is 19.4 Å². The molecule has 1 amide bonds. The van der Waals surface area contributed by atoms with Crippen molar-refractivity contribution in [2.45, 2.75) is 405 Å². The number of carbonyl (C=O) groups excluding carboxylic acids is 1. The second-order valence-corrected chi connectivity index (χ2v) is 29.5. The molecule has 0 aromatic carbocycles. The maximum atomic E-state index is 13.1. The minimum absolute atomic E-state index is 0.0133. The average Bonchev–Trinajstić information content (AvgIpc) is 3.64. The van der Waals surface area contributed by atoms with Crippen molar-refractivity contribution >= 4 is 13.7 Å². The Morgan fingerprint density at radius 1 is 0.404 bits per heavy atom. The van der Waals surface area contributed by atoms with Crippen LogP contribution in [0.1, 0.15) is 393 Å². The lowest BCUT2D eigenvalue weighted by atomic mass is 10.0. The van der Waals surface area contributed by atoms with Crippen LogP contribution in [0.5, 0.6) is 0 Å². The fraction of sp³-hybridized carbons (Fsp3) is 0.863. The van der Waals surface area contributed by atoms with E-state index in [2.05, 4.69) is 79.9 Å². The largest absolute Gasteiger partial charge is 0.756 e. The molecule has 0 aliphatic heterocycles. The van der Waals surface area contributed by atoms with E-state index >= 15 is 0 Å². The Bertz CT molecular complexity index is 1640. The third-order valence-corrected chi connectivity index (χ3v) is 19.0. The molecule has 0 saturated carbocycles. The van der Waals surface area contributed by atoms with E-state index in [1.807, 2.05) is 21.1 Å². The van der Waals surface area contributed by atoms with E-state index in [1.54, 1.807) is 0 Å². The van der Waals surface area contributed by atoms with Gasteiger partial charge in [-0.15, -0.1) is 0 Å². The van der Waals surface area contributed by atoms with Crippen LogP contribution in [0.2, 0.25) is 0 Å². The number of rotatable bonds is 73.